The Kier molecular flexibility index (Phi) is 23.1. The molecule has 0 radical (unpaired) electrons. The van der Waals surface area contributed by atoms with Crippen molar-refractivity contribution in [1.29, 1.82) is 0 Å². The van der Waals surface area contributed by atoms with Crippen LogP contribution in [0.1, 0.15) is 70.8 Å². The van der Waals surface area contributed by atoms with Gasteiger partial charge in [0.25, 0.3) is 0 Å². The molecule has 17 N–H and O–H groups in total. The van der Waals surface area contributed by atoms with E-state index in [4.69, 9.17) is 22.9 Å². The number of nitrogens with zero attached hydrogens (tertiary/aromatic N) is 1. The highest BCUT2D eigenvalue weighted by Gasteiger charge is 2.39. The predicted molar refractivity (Wildman–Crippen MR) is 240 cm³/mol. The first-order valence-corrected chi connectivity index (χ1v) is 21.8. The SMILES string of the molecule is CCC(C)C1NC(=O)[C@H](Cc2ccc(O)cc2)NC(=O)CNC(=O)CC[C@@H](C(=O)N(C)CC(=O)N[C@@H](CCC(N)=O)C(=O)NCC(N)=O)NC(=O)[C@H](CC(N)=O)NC[C@](C=O)(CCC(N)=O)NC1=O. The molecule has 0 aromatic heterocycles. The zero-order valence-electron chi connectivity index (χ0n) is 38.6. The minimum absolute atomic E-state index is 0.0850. The van der Waals surface area contributed by atoms with Crippen LogP contribution in [-0.4, -0.2) is 156 Å². The number of phenolic OH excluding ortho intramolecular Hbond substituents is 1. The van der Waals surface area contributed by atoms with E-state index in [9.17, 15) is 67.4 Å². The number of phenols is 1. The monoisotopic (exact) mass is 973 g/mol. The molecule has 1 aliphatic rings. The summed E-state index contributed by atoms with van der Waals surface area (Å²) in [7, 11) is 1.12. The van der Waals surface area contributed by atoms with E-state index in [0.717, 1.165) is 11.9 Å². The van der Waals surface area contributed by atoms with Gasteiger partial charge in [0.1, 0.15) is 41.7 Å². The summed E-state index contributed by atoms with van der Waals surface area (Å²) in [5.41, 5.74) is 19.6. The lowest BCUT2D eigenvalue weighted by Crippen LogP contribution is -2.64. The highest BCUT2D eigenvalue weighted by molar-refractivity contribution is 5.97. The number of aldehydes is 1. The Labute approximate surface area is 396 Å². The number of carbonyl (C=O) groups excluding carboxylic acids is 13. The second-order valence-corrected chi connectivity index (χ2v) is 16.6. The van der Waals surface area contributed by atoms with Crippen molar-refractivity contribution >= 4 is 77.2 Å². The molecule has 0 aliphatic carbocycles. The predicted octanol–water partition coefficient (Wildman–Crippen LogP) is -6.69. The standard InChI is InChI=1S/C42H63N13O14/c1-4-22(2)36-40(68)54-42(21-56,14-13-30(44)59)20-49-27(16-31(45)60)38(66)52-26(41(69)55(3)19-35(64)50-25(9-11-29(43)58)37(65)48-17-32(46)61)10-12-33(62)47-18-34(63)51-28(39(67)53-36)15-23-5-7-24(57)8-6-23/h5-8,21-22,25-28,36,49,57H,4,9-20H2,1-3H3,(H2,43,58)(H2,44,59)(H2,45,60)(H2,46,61)(H,47,62)(H,48,65)(H,50,64)(H,51,63)(H,52,66)(H,53,67)(H,54,68)/t22?,25-,26-,27-,28-,36?,42-/m0/s1. The zero-order valence-corrected chi connectivity index (χ0v) is 38.6. The molecule has 380 valence electrons. The lowest BCUT2D eigenvalue weighted by atomic mass is 9.91. The summed E-state index contributed by atoms with van der Waals surface area (Å²) in [6.45, 7) is 0.526. The number of benzene rings is 1. The van der Waals surface area contributed by atoms with Crippen molar-refractivity contribution in [1.82, 2.24) is 47.4 Å². The number of aromatic hydroxyl groups is 1. The summed E-state index contributed by atoms with van der Waals surface area (Å²) in [6.07, 6.45) is -3.11. The molecule has 1 aromatic rings. The largest absolute Gasteiger partial charge is 0.508 e. The first-order valence-electron chi connectivity index (χ1n) is 21.8. The second-order valence-electron chi connectivity index (χ2n) is 16.6. The van der Waals surface area contributed by atoms with Gasteiger partial charge in [0.2, 0.25) is 70.9 Å². The molecule has 2 unspecified atom stereocenters. The number of primary amides is 4. The molecule has 27 nitrogen and oxygen atoms in total. The summed E-state index contributed by atoms with van der Waals surface area (Å²) in [4.78, 5) is 169. The number of nitrogens with one attached hydrogen (secondary N) is 8. The summed E-state index contributed by atoms with van der Waals surface area (Å²) >= 11 is 0. The molecule has 1 aliphatic heterocycles. The van der Waals surface area contributed by atoms with E-state index in [1.54, 1.807) is 13.8 Å². The van der Waals surface area contributed by atoms with Gasteiger partial charge in [-0.05, 0) is 42.9 Å². The molecule has 1 heterocycles. The first-order chi connectivity index (χ1) is 32.4. The van der Waals surface area contributed by atoms with Gasteiger partial charge in [-0.3, -0.25) is 57.5 Å². The van der Waals surface area contributed by atoms with E-state index in [2.05, 4.69) is 42.5 Å². The van der Waals surface area contributed by atoms with E-state index in [1.165, 1.54) is 24.3 Å². The Balaban J connectivity index is 2.63. The van der Waals surface area contributed by atoms with Crippen LogP contribution in [0.15, 0.2) is 24.3 Å². The van der Waals surface area contributed by atoms with Crippen molar-refractivity contribution in [2.45, 2.75) is 107 Å². The summed E-state index contributed by atoms with van der Waals surface area (Å²) in [5.74, 6) is -11.9. The lowest BCUT2D eigenvalue weighted by Gasteiger charge is -2.34. The summed E-state index contributed by atoms with van der Waals surface area (Å²) in [5, 5.41) is 29.5. The number of likely N-dealkylation sites (N-methyl/N-ethyl adjacent to an activating group) is 1. The second kappa shape index (κ2) is 27.8. The molecule has 1 fully saturated rings. The third-order valence-electron chi connectivity index (χ3n) is 10.9. The molecule has 27 heteroatoms. The molecule has 0 bridgehead atoms. The number of nitrogens with two attached hydrogens (primary N) is 4. The fourth-order valence-corrected chi connectivity index (χ4v) is 6.76. The van der Waals surface area contributed by atoms with Crippen molar-refractivity contribution < 1.29 is 67.4 Å². The Morgan fingerprint density at radius 3 is 2.07 bits per heavy atom. The highest BCUT2D eigenvalue weighted by Crippen LogP contribution is 2.17. The maximum absolute atomic E-state index is 14.2. The van der Waals surface area contributed by atoms with Crippen molar-refractivity contribution in [3.8, 4) is 5.75 Å². The van der Waals surface area contributed by atoms with Gasteiger partial charge in [-0.2, -0.15) is 0 Å². The van der Waals surface area contributed by atoms with Gasteiger partial charge < -0.3 is 80.3 Å². The number of hydrogen-bond donors (Lipinski definition) is 13. The highest BCUT2D eigenvalue weighted by atomic mass is 16.3. The quantitative estimate of drug-likeness (QED) is 0.0541. The Bertz CT molecular complexity index is 2090. The fraction of sp³-hybridized carbons (Fsp3) is 0.548. The lowest BCUT2D eigenvalue weighted by molar-refractivity contribution is -0.140. The molecule has 7 atom stereocenters. The van der Waals surface area contributed by atoms with Gasteiger partial charge in [-0.15, -0.1) is 0 Å². The van der Waals surface area contributed by atoms with Crippen LogP contribution >= 0.6 is 0 Å². The third kappa shape index (κ3) is 20.4. The molecule has 69 heavy (non-hydrogen) atoms. The Morgan fingerprint density at radius 1 is 0.855 bits per heavy atom. The van der Waals surface area contributed by atoms with Crippen molar-refractivity contribution in [3.63, 3.8) is 0 Å². The maximum atomic E-state index is 14.2. The molecule has 0 spiro atoms. The van der Waals surface area contributed by atoms with Crippen molar-refractivity contribution in [2.24, 2.45) is 28.9 Å². The number of amides is 12. The Morgan fingerprint density at radius 2 is 1.49 bits per heavy atom. The smallest absolute Gasteiger partial charge is 0.245 e. The van der Waals surface area contributed by atoms with Gasteiger partial charge in [0.15, 0.2) is 0 Å². The topological polar surface area (TPSA) is 446 Å². The number of rotatable bonds is 20. The van der Waals surface area contributed by atoms with E-state index in [0.29, 0.717) is 12.0 Å². The normalized spacial score (nSPS) is 21.8. The molecule has 2 rings (SSSR count). The van der Waals surface area contributed by atoms with Crippen LogP contribution in [0.25, 0.3) is 0 Å². The molecular formula is C42H63N13O14. The van der Waals surface area contributed by atoms with Gasteiger partial charge in [-0.25, -0.2) is 0 Å². The van der Waals surface area contributed by atoms with E-state index in [1.807, 2.05) is 0 Å². The van der Waals surface area contributed by atoms with Gasteiger partial charge in [0, 0.05) is 39.3 Å². The van der Waals surface area contributed by atoms with Crippen molar-refractivity contribution in [3.05, 3.63) is 29.8 Å². The molecule has 12 amide bonds. The maximum Gasteiger partial charge on any atom is 0.245 e. The molecule has 1 aromatic carbocycles. The summed E-state index contributed by atoms with van der Waals surface area (Å²) < 4.78 is 0. The third-order valence-corrected chi connectivity index (χ3v) is 10.9. The van der Waals surface area contributed by atoms with Crippen molar-refractivity contribution in [2.75, 3.05) is 33.2 Å². The minimum atomic E-state index is -2.06. The zero-order chi connectivity index (χ0) is 52.0. The van der Waals surface area contributed by atoms with Gasteiger partial charge >= 0.3 is 0 Å². The molecule has 0 saturated carbocycles. The van der Waals surface area contributed by atoms with E-state index >= 15 is 0 Å². The first kappa shape index (κ1) is 57.4. The molecule has 1 saturated heterocycles. The molecular weight excluding hydrogens is 911 g/mol. The van der Waals surface area contributed by atoms with Gasteiger partial charge in [-0.1, -0.05) is 32.4 Å². The summed E-state index contributed by atoms with van der Waals surface area (Å²) in [6, 6.07) is -1.90. The number of hydrogen-bond acceptors (Lipinski definition) is 15. The van der Waals surface area contributed by atoms with Crippen LogP contribution < -0.4 is 65.5 Å². The van der Waals surface area contributed by atoms with Crippen LogP contribution in [0, 0.1) is 5.92 Å². The minimum Gasteiger partial charge on any atom is -0.508 e. The van der Waals surface area contributed by atoms with Crippen LogP contribution in [-0.2, 0) is 68.7 Å². The average molecular weight is 974 g/mol. The van der Waals surface area contributed by atoms with Gasteiger partial charge in [0.05, 0.1) is 32.1 Å². The fourth-order valence-electron chi connectivity index (χ4n) is 6.76. The Hall–Kier alpha value is -7.71. The average Bonchev–Trinajstić information content (AvgIpc) is 3.28. The van der Waals surface area contributed by atoms with Crippen LogP contribution in [0.3, 0.4) is 0 Å². The van der Waals surface area contributed by atoms with Crippen LogP contribution in [0.4, 0.5) is 0 Å². The van der Waals surface area contributed by atoms with Crippen LogP contribution in [0.2, 0.25) is 0 Å². The van der Waals surface area contributed by atoms with E-state index < -0.39 is 171 Å². The van der Waals surface area contributed by atoms with E-state index in [-0.39, 0.29) is 31.3 Å². The number of carbonyl (C=O) groups is 13. The van der Waals surface area contributed by atoms with Crippen LogP contribution in [0.5, 0.6) is 5.75 Å².